The molecule has 0 aliphatic carbocycles. The molecule has 4 nitrogen and oxygen atoms in total. The summed E-state index contributed by atoms with van der Waals surface area (Å²) in [4.78, 5) is 11.7. The Bertz CT molecular complexity index is 391. The van der Waals surface area contributed by atoms with Gasteiger partial charge in [0.1, 0.15) is 5.75 Å². The summed E-state index contributed by atoms with van der Waals surface area (Å²) in [6.07, 6.45) is 0.794. The zero-order valence-corrected chi connectivity index (χ0v) is 11.3. The maximum absolute atomic E-state index is 11.7. The summed E-state index contributed by atoms with van der Waals surface area (Å²) >= 11 is 0. The van der Waals surface area contributed by atoms with Gasteiger partial charge in [0.15, 0.2) is 0 Å². The zero-order chi connectivity index (χ0) is 13.5. The second-order valence-electron chi connectivity index (χ2n) is 4.23. The van der Waals surface area contributed by atoms with E-state index in [9.17, 15) is 4.79 Å². The molecule has 18 heavy (non-hydrogen) atoms. The summed E-state index contributed by atoms with van der Waals surface area (Å²) in [5, 5.41) is 2.94. The molecule has 4 heteroatoms. The lowest BCUT2D eigenvalue weighted by Gasteiger charge is -2.21. The maximum atomic E-state index is 11.7. The van der Waals surface area contributed by atoms with Crippen LogP contribution in [-0.2, 0) is 4.79 Å². The predicted octanol–water partition coefficient (Wildman–Crippen LogP) is 2.00. The quantitative estimate of drug-likeness (QED) is 0.811. The molecule has 0 saturated heterocycles. The Morgan fingerprint density at radius 1 is 1.39 bits per heavy atom. The molecule has 0 radical (unpaired) electrons. The molecular formula is C14H22N2O2. The molecule has 0 aliphatic heterocycles. The molecule has 0 bridgehead atoms. The highest BCUT2D eigenvalue weighted by Gasteiger charge is 2.18. The SMILES string of the molecule is CCOc1ccccc1C(CC)NC(=O)[C@H](C)N. The summed E-state index contributed by atoms with van der Waals surface area (Å²) < 4.78 is 5.58. The Morgan fingerprint density at radius 2 is 2.06 bits per heavy atom. The summed E-state index contributed by atoms with van der Waals surface area (Å²) in [6.45, 7) is 6.25. The first kappa shape index (κ1) is 14.5. The molecule has 0 aliphatic rings. The summed E-state index contributed by atoms with van der Waals surface area (Å²) in [6, 6.07) is 7.19. The lowest BCUT2D eigenvalue weighted by atomic mass is 10.0. The fourth-order valence-corrected chi connectivity index (χ4v) is 1.76. The number of amides is 1. The van der Waals surface area contributed by atoms with Crippen LogP contribution in [0.1, 0.15) is 38.8 Å². The standard InChI is InChI=1S/C14H22N2O2/c1-4-12(16-14(17)10(3)15)11-8-6-7-9-13(11)18-5-2/h6-10,12H,4-5,15H2,1-3H3,(H,16,17)/t10-,12?/m0/s1. The van der Waals surface area contributed by atoms with Gasteiger partial charge in [0.05, 0.1) is 18.7 Å². The summed E-state index contributed by atoms with van der Waals surface area (Å²) in [7, 11) is 0. The van der Waals surface area contributed by atoms with Gasteiger partial charge in [-0.05, 0) is 26.3 Å². The van der Waals surface area contributed by atoms with Crippen LogP contribution in [0.2, 0.25) is 0 Å². The molecule has 100 valence electrons. The maximum Gasteiger partial charge on any atom is 0.237 e. The summed E-state index contributed by atoms with van der Waals surface area (Å²) in [5.74, 6) is 0.671. The Kier molecular flexibility index (Phi) is 5.65. The third-order valence-electron chi connectivity index (χ3n) is 2.73. The number of rotatable bonds is 6. The van der Waals surface area contributed by atoms with E-state index in [1.165, 1.54) is 0 Å². The molecule has 3 N–H and O–H groups in total. The molecular weight excluding hydrogens is 228 g/mol. The van der Waals surface area contributed by atoms with Crippen LogP contribution < -0.4 is 15.8 Å². The van der Waals surface area contributed by atoms with Crippen LogP contribution in [0.4, 0.5) is 0 Å². The van der Waals surface area contributed by atoms with Crippen molar-refractivity contribution in [3.63, 3.8) is 0 Å². The first-order valence-electron chi connectivity index (χ1n) is 6.37. The monoisotopic (exact) mass is 250 g/mol. The van der Waals surface area contributed by atoms with Crippen molar-refractivity contribution in [1.82, 2.24) is 5.32 Å². The van der Waals surface area contributed by atoms with Crippen molar-refractivity contribution in [2.24, 2.45) is 5.73 Å². The third-order valence-corrected chi connectivity index (χ3v) is 2.73. The fourth-order valence-electron chi connectivity index (χ4n) is 1.76. The van der Waals surface area contributed by atoms with Gasteiger partial charge in [-0.2, -0.15) is 0 Å². The van der Waals surface area contributed by atoms with E-state index >= 15 is 0 Å². The van der Waals surface area contributed by atoms with E-state index in [1.54, 1.807) is 6.92 Å². The van der Waals surface area contributed by atoms with E-state index in [0.717, 1.165) is 17.7 Å². The van der Waals surface area contributed by atoms with Gasteiger partial charge in [-0.25, -0.2) is 0 Å². The van der Waals surface area contributed by atoms with Gasteiger partial charge in [-0.15, -0.1) is 0 Å². The van der Waals surface area contributed by atoms with Crippen LogP contribution in [-0.4, -0.2) is 18.6 Å². The van der Waals surface area contributed by atoms with Crippen molar-refractivity contribution in [1.29, 1.82) is 0 Å². The number of nitrogens with two attached hydrogens (primary N) is 1. The van der Waals surface area contributed by atoms with E-state index < -0.39 is 6.04 Å². The topological polar surface area (TPSA) is 64.3 Å². The number of carbonyl (C=O) groups excluding carboxylic acids is 1. The fraction of sp³-hybridized carbons (Fsp3) is 0.500. The van der Waals surface area contributed by atoms with E-state index in [-0.39, 0.29) is 11.9 Å². The number of benzene rings is 1. The van der Waals surface area contributed by atoms with Gasteiger partial charge in [0.25, 0.3) is 0 Å². The average Bonchev–Trinajstić information content (AvgIpc) is 2.37. The Balaban J connectivity index is 2.90. The number of ether oxygens (including phenoxy) is 1. The molecule has 1 amide bonds. The second kappa shape index (κ2) is 7.01. The molecule has 1 rings (SSSR count). The number of hydrogen-bond donors (Lipinski definition) is 2. The van der Waals surface area contributed by atoms with Gasteiger partial charge in [0.2, 0.25) is 5.91 Å². The van der Waals surface area contributed by atoms with Crippen LogP contribution in [0.15, 0.2) is 24.3 Å². The molecule has 0 spiro atoms. The molecule has 1 aromatic carbocycles. The van der Waals surface area contributed by atoms with E-state index in [2.05, 4.69) is 5.32 Å². The average molecular weight is 250 g/mol. The normalized spacial score (nSPS) is 13.8. The first-order chi connectivity index (χ1) is 8.60. The lowest BCUT2D eigenvalue weighted by molar-refractivity contribution is -0.122. The number of carbonyl (C=O) groups is 1. The van der Waals surface area contributed by atoms with Gasteiger partial charge in [0, 0.05) is 5.56 Å². The molecule has 1 aromatic rings. The van der Waals surface area contributed by atoms with Crippen LogP contribution in [0, 0.1) is 0 Å². The predicted molar refractivity (Wildman–Crippen MR) is 72.4 cm³/mol. The van der Waals surface area contributed by atoms with E-state index in [4.69, 9.17) is 10.5 Å². The van der Waals surface area contributed by atoms with Crippen LogP contribution in [0.3, 0.4) is 0 Å². The molecule has 0 heterocycles. The van der Waals surface area contributed by atoms with Gasteiger partial charge >= 0.3 is 0 Å². The Hall–Kier alpha value is -1.55. The van der Waals surface area contributed by atoms with E-state index in [1.807, 2.05) is 38.1 Å². The van der Waals surface area contributed by atoms with Crippen molar-refractivity contribution in [3.8, 4) is 5.75 Å². The van der Waals surface area contributed by atoms with Crippen molar-refractivity contribution < 1.29 is 9.53 Å². The van der Waals surface area contributed by atoms with Gasteiger partial charge in [-0.3, -0.25) is 4.79 Å². The van der Waals surface area contributed by atoms with Crippen molar-refractivity contribution in [2.45, 2.75) is 39.3 Å². The molecule has 1 unspecified atom stereocenters. The van der Waals surface area contributed by atoms with Crippen molar-refractivity contribution in [3.05, 3.63) is 29.8 Å². The smallest absolute Gasteiger partial charge is 0.237 e. The largest absolute Gasteiger partial charge is 0.494 e. The molecule has 0 fully saturated rings. The Labute approximate surface area is 109 Å². The highest BCUT2D eigenvalue weighted by Crippen LogP contribution is 2.27. The van der Waals surface area contributed by atoms with Crippen molar-refractivity contribution >= 4 is 5.91 Å². The van der Waals surface area contributed by atoms with Crippen LogP contribution in [0.5, 0.6) is 5.75 Å². The number of para-hydroxylation sites is 1. The summed E-state index contributed by atoms with van der Waals surface area (Å²) in [5.41, 5.74) is 6.57. The number of nitrogens with one attached hydrogen (secondary N) is 1. The lowest BCUT2D eigenvalue weighted by Crippen LogP contribution is -2.40. The highest BCUT2D eigenvalue weighted by atomic mass is 16.5. The number of hydrogen-bond acceptors (Lipinski definition) is 3. The van der Waals surface area contributed by atoms with E-state index in [0.29, 0.717) is 6.61 Å². The third kappa shape index (κ3) is 3.74. The minimum atomic E-state index is -0.502. The highest BCUT2D eigenvalue weighted by molar-refractivity contribution is 5.81. The Morgan fingerprint density at radius 3 is 2.61 bits per heavy atom. The van der Waals surface area contributed by atoms with Crippen LogP contribution >= 0.6 is 0 Å². The minimum absolute atomic E-state index is 0.0637. The zero-order valence-electron chi connectivity index (χ0n) is 11.3. The van der Waals surface area contributed by atoms with Gasteiger partial charge in [-0.1, -0.05) is 25.1 Å². The molecule has 2 atom stereocenters. The molecule has 0 saturated carbocycles. The van der Waals surface area contributed by atoms with Gasteiger partial charge < -0.3 is 15.8 Å². The van der Waals surface area contributed by atoms with Crippen LogP contribution in [0.25, 0.3) is 0 Å². The second-order valence-corrected chi connectivity index (χ2v) is 4.23. The minimum Gasteiger partial charge on any atom is -0.494 e. The first-order valence-corrected chi connectivity index (χ1v) is 6.37. The molecule has 0 aromatic heterocycles. The van der Waals surface area contributed by atoms with Crippen molar-refractivity contribution in [2.75, 3.05) is 6.61 Å².